The fraction of sp³-hybridized carbons (Fsp3) is 0.500. The van der Waals surface area contributed by atoms with Gasteiger partial charge in [0.1, 0.15) is 36.7 Å². The molecule has 1 saturated heterocycles. The number of hydrogen-bond donors (Lipinski definition) is 1. The summed E-state index contributed by atoms with van der Waals surface area (Å²) in [7, 11) is 0. The van der Waals surface area contributed by atoms with E-state index in [9.17, 15) is 9.59 Å². The van der Waals surface area contributed by atoms with E-state index < -0.39 is 11.9 Å². The number of carbonyl (C=O) groups excluding carboxylic acids is 1. The molecular formula is C10H13N2O3+. The van der Waals surface area contributed by atoms with E-state index in [0.717, 1.165) is 23.3 Å². The molecule has 2 heterocycles. The van der Waals surface area contributed by atoms with Crippen molar-refractivity contribution in [2.24, 2.45) is 10.9 Å². The number of carboxylic acids is 1. The molecule has 0 aliphatic carbocycles. The number of carboxylic acid groups (broad SMARTS) is 1. The predicted molar refractivity (Wildman–Crippen MR) is 53.0 cm³/mol. The van der Waals surface area contributed by atoms with Crippen molar-refractivity contribution in [1.82, 2.24) is 0 Å². The van der Waals surface area contributed by atoms with Gasteiger partial charge in [0.25, 0.3) is 0 Å². The van der Waals surface area contributed by atoms with Gasteiger partial charge in [-0.2, -0.15) is 0 Å². The molecule has 0 bridgehead atoms. The zero-order valence-corrected chi connectivity index (χ0v) is 8.51. The monoisotopic (exact) mass is 209 g/mol. The van der Waals surface area contributed by atoms with E-state index in [1.54, 1.807) is 0 Å². The third-order valence-electron chi connectivity index (χ3n) is 2.80. The smallest absolute Gasteiger partial charge is 0.314 e. The number of hydrogen-bond acceptors (Lipinski definition) is 3. The lowest BCUT2D eigenvalue weighted by atomic mass is 10.00. The molecule has 1 spiro atoms. The van der Waals surface area contributed by atoms with Gasteiger partial charge in [-0.1, -0.05) is 0 Å². The molecule has 0 saturated carbocycles. The van der Waals surface area contributed by atoms with E-state index in [-0.39, 0.29) is 12.2 Å². The maximum absolute atomic E-state index is 11.1. The summed E-state index contributed by atoms with van der Waals surface area (Å²) in [4.78, 5) is 26.0. The molecule has 80 valence electrons. The summed E-state index contributed by atoms with van der Waals surface area (Å²) < 4.78 is 0.736. The Hall–Kier alpha value is -1.49. The molecule has 15 heavy (non-hydrogen) atoms. The van der Waals surface area contributed by atoms with Crippen LogP contribution in [0.1, 0.15) is 13.3 Å². The van der Waals surface area contributed by atoms with Crippen LogP contribution in [0.25, 0.3) is 0 Å². The van der Waals surface area contributed by atoms with Crippen LogP contribution in [0.3, 0.4) is 0 Å². The van der Waals surface area contributed by atoms with Crippen molar-refractivity contribution >= 4 is 18.1 Å². The minimum Gasteiger partial charge on any atom is -0.481 e. The Morgan fingerprint density at radius 1 is 1.60 bits per heavy atom. The van der Waals surface area contributed by atoms with E-state index in [1.165, 1.54) is 6.92 Å². The molecule has 1 fully saturated rings. The highest BCUT2D eigenvalue weighted by molar-refractivity contribution is 5.97. The first-order chi connectivity index (χ1) is 7.02. The summed E-state index contributed by atoms with van der Waals surface area (Å²) in [6.45, 7) is 3.37. The zero-order valence-electron chi connectivity index (χ0n) is 8.51. The third-order valence-corrected chi connectivity index (χ3v) is 2.80. The topological polar surface area (TPSA) is 66.7 Å². The quantitative estimate of drug-likeness (QED) is 0.413. The molecule has 2 aliphatic rings. The largest absolute Gasteiger partial charge is 0.481 e. The van der Waals surface area contributed by atoms with Gasteiger partial charge in [-0.15, -0.1) is 0 Å². The summed E-state index contributed by atoms with van der Waals surface area (Å²) in [6.07, 6.45) is 3.97. The first-order valence-corrected chi connectivity index (χ1v) is 4.89. The number of quaternary nitrogens is 1. The number of rotatable bonds is 4. The molecule has 0 amide bonds. The van der Waals surface area contributed by atoms with Gasteiger partial charge in [0.15, 0.2) is 6.34 Å². The molecule has 1 atom stereocenters. The lowest BCUT2D eigenvalue weighted by molar-refractivity contribution is -0.625. The fourth-order valence-electron chi connectivity index (χ4n) is 1.63. The molecule has 5 nitrogen and oxygen atoms in total. The minimum absolute atomic E-state index is 0.209. The van der Waals surface area contributed by atoms with E-state index in [1.807, 2.05) is 12.5 Å². The zero-order chi connectivity index (χ0) is 11.1. The normalized spacial score (nSPS) is 22.6. The SMILES string of the molecule is CC(=O)C(CC1=C[N+]2(C=N1)CC2)C(=O)O. The average molecular weight is 209 g/mol. The first-order valence-electron chi connectivity index (χ1n) is 4.89. The van der Waals surface area contributed by atoms with Crippen molar-refractivity contribution in [1.29, 1.82) is 0 Å². The van der Waals surface area contributed by atoms with Crippen LogP contribution in [-0.4, -0.2) is 40.8 Å². The van der Waals surface area contributed by atoms with Crippen LogP contribution in [0.15, 0.2) is 16.9 Å². The van der Waals surface area contributed by atoms with Gasteiger partial charge >= 0.3 is 5.97 Å². The Morgan fingerprint density at radius 3 is 2.67 bits per heavy atom. The van der Waals surface area contributed by atoms with Gasteiger partial charge in [0, 0.05) is 6.42 Å². The van der Waals surface area contributed by atoms with Crippen LogP contribution < -0.4 is 0 Å². The van der Waals surface area contributed by atoms with Crippen molar-refractivity contribution in [2.45, 2.75) is 13.3 Å². The van der Waals surface area contributed by atoms with Crippen LogP contribution in [0.5, 0.6) is 0 Å². The highest BCUT2D eigenvalue weighted by Crippen LogP contribution is 2.29. The van der Waals surface area contributed by atoms with Crippen molar-refractivity contribution in [3.63, 3.8) is 0 Å². The summed E-state index contributed by atoms with van der Waals surface area (Å²) >= 11 is 0. The van der Waals surface area contributed by atoms with Crippen LogP contribution in [0.2, 0.25) is 0 Å². The number of aliphatic imine (C=N–C) groups is 1. The lowest BCUT2D eigenvalue weighted by Gasteiger charge is -2.06. The lowest BCUT2D eigenvalue weighted by Crippen LogP contribution is -2.21. The van der Waals surface area contributed by atoms with Crippen LogP contribution in [-0.2, 0) is 9.59 Å². The number of nitrogens with zero attached hydrogens (tertiary/aromatic N) is 2. The van der Waals surface area contributed by atoms with Crippen molar-refractivity contribution < 1.29 is 19.2 Å². The standard InChI is InChI=1S/C10H12N2O3/c1-7(13)9(10(14)15)4-8-5-12(2-3-12)6-11-8/h5-6,9H,2-4H2,1H3/p+1. The maximum atomic E-state index is 11.1. The second kappa shape index (κ2) is 3.27. The molecule has 0 aromatic heterocycles. The molecule has 2 aliphatic heterocycles. The van der Waals surface area contributed by atoms with Crippen LogP contribution in [0.4, 0.5) is 0 Å². The molecular weight excluding hydrogens is 196 g/mol. The van der Waals surface area contributed by atoms with Crippen LogP contribution in [0, 0.1) is 5.92 Å². The first kappa shape index (κ1) is 10.0. The summed E-state index contributed by atoms with van der Waals surface area (Å²) in [5, 5.41) is 8.84. The number of ketones is 1. The van der Waals surface area contributed by atoms with E-state index in [4.69, 9.17) is 5.11 Å². The van der Waals surface area contributed by atoms with Crippen LogP contribution >= 0.6 is 0 Å². The summed E-state index contributed by atoms with van der Waals surface area (Å²) in [5.74, 6) is -2.34. The van der Waals surface area contributed by atoms with Gasteiger partial charge in [0.2, 0.25) is 0 Å². The number of Topliss-reactive ketones (excluding diaryl/α,β-unsaturated/α-hetero) is 1. The molecule has 1 N–H and O–H groups in total. The van der Waals surface area contributed by atoms with Gasteiger partial charge in [-0.05, 0) is 6.92 Å². The maximum Gasteiger partial charge on any atom is 0.314 e. The Morgan fingerprint density at radius 2 is 2.27 bits per heavy atom. The third kappa shape index (κ3) is 1.97. The molecule has 1 unspecified atom stereocenters. The Kier molecular flexibility index (Phi) is 2.19. The summed E-state index contributed by atoms with van der Waals surface area (Å²) in [6, 6.07) is 0. The molecule has 5 heteroatoms. The van der Waals surface area contributed by atoms with E-state index >= 15 is 0 Å². The van der Waals surface area contributed by atoms with E-state index in [0.29, 0.717) is 0 Å². The van der Waals surface area contributed by atoms with Gasteiger partial charge in [0.05, 0.1) is 0 Å². The number of aliphatic carboxylic acids is 1. The molecule has 2 rings (SSSR count). The van der Waals surface area contributed by atoms with Gasteiger partial charge in [-0.25, -0.2) is 9.48 Å². The Labute approximate surface area is 87.3 Å². The second-order valence-corrected chi connectivity index (χ2v) is 4.12. The Balaban J connectivity index is 2.05. The second-order valence-electron chi connectivity index (χ2n) is 4.12. The Bertz CT molecular complexity index is 366. The van der Waals surface area contributed by atoms with Gasteiger partial charge in [-0.3, -0.25) is 9.59 Å². The number of carbonyl (C=O) groups is 2. The fourth-order valence-corrected chi connectivity index (χ4v) is 1.63. The number of allylic oxidation sites excluding steroid dienone is 1. The van der Waals surface area contributed by atoms with Gasteiger partial charge < -0.3 is 5.11 Å². The molecule has 0 aromatic carbocycles. The summed E-state index contributed by atoms with van der Waals surface area (Å²) in [5.41, 5.74) is 0.718. The van der Waals surface area contributed by atoms with Crippen molar-refractivity contribution in [2.75, 3.05) is 13.1 Å². The van der Waals surface area contributed by atoms with Crippen molar-refractivity contribution in [3.05, 3.63) is 11.9 Å². The highest BCUT2D eigenvalue weighted by Gasteiger charge is 2.43. The minimum atomic E-state index is -1.07. The predicted octanol–water partition coefficient (Wildman–Crippen LogP) is 0.380. The average Bonchev–Trinajstić information content (AvgIpc) is 2.74. The highest BCUT2D eigenvalue weighted by atomic mass is 16.4. The molecule has 0 aromatic rings. The van der Waals surface area contributed by atoms with E-state index in [2.05, 4.69) is 4.99 Å². The van der Waals surface area contributed by atoms with Crippen molar-refractivity contribution in [3.8, 4) is 0 Å². The molecule has 0 radical (unpaired) electrons.